The molecule has 0 bridgehead atoms. The molecule has 2 N–H and O–H groups in total. The lowest BCUT2D eigenvalue weighted by Gasteiger charge is -2.41. The molecule has 0 aromatic carbocycles. The van der Waals surface area contributed by atoms with Gasteiger partial charge in [0.05, 0.1) is 12.6 Å². The second-order valence-corrected chi connectivity index (χ2v) is 8.10. The fourth-order valence-corrected chi connectivity index (χ4v) is 4.65. The number of hydrogen-bond acceptors (Lipinski definition) is 4. The average molecular weight is 349 g/mol. The molecule has 3 aliphatic heterocycles. The summed E-state index contributed by atoms with van der Waals surface area (Å²) in [5.74, 6) is -0.113. The van der Waals surface area contributed by atoms with Gasteiger partial charge in [0, 0.05) is 24.8 Å². The maximum Gasteiger partial charge on any atom is 0.408 e. The fraction of sp³-hybridized carbons (Fsp3) is 0.778. The van der Waals surface area contributed by atoms with E-state index in [2.05, 4.69) is 4.90 Å². The van der Waals surface area contributed by atoms with E-state index in [1.54, 1.807) is 6.92 Å². The maximum atomic E-state index is 12.7. The number of fused-ring (bicyclic) bond motifs is 1. The highest BCUT2D eigenvalue weighted by atomic mass is 16.4. The fourth-order valence-electron chi connectivity index (χ4n) is 4.65. The van der Waals surface area contributed by atoms with Crippen LogP contribution in [0.25, 0.3) is 0 Å². The Morgan fingerprint density at radius 2 is 2.12 bits per heavy atom. The summed E-state index contributed by atoms with van der Waals surface area (Å²) in [5, 5.41) is 19.6. The van der Waals surface area contributed by atoms with E-state index in [4.69, 9.17) is 0 Å². The van der Waals surface area contributed by atoms with E-state index < -0.39 is 12.1 Å². The van der Waals surface area contributed by atoms with Gasteiger partial charge in [-0.05, 0) is 51.0 Å². The van der Waals surface area contributed by atoms with Crippen LogP contribution in [-0.2, 0) is 4.79 Å². The molecule has 1 aliphatic carbocycles. The van der Waals surface area contributed by atoms with Gasteiger partial charge in [0.25, 0.3) is 0 Å². The van der Waals surface area contributed by atoms with Crippen LogP contribution in [0.3, 0.4) is 0 Å². The van der Waals surface area contributed by atoms with Crippen LogP contribution in [0.4, 0.5) is 4.79 Å². The van der Waals surface area contributed by atoms with Crippen molar-refractivity contribution in [2.45, 2.75) is 57.2 Å². The van der Waals surface area contributed by atoms with Gasteiger partial charge in [-0.15, -0.1) is 0 Å². The van der Waals surface area contributed by atoms with E-state index in [0.29, 0.717) is 6.54 Å². The highest BCUT2D eigenvalue weighted by Crippen LogP contribution is 2.53. The van der Waals surface area contributed by atoms with Gasteiger partial charge in [-0.3, -0.25) is 9.69 Å². The minimum absolute atomic E-state index is 0.113. The Balaban J connectivity index is 1.34. The maximum absolute atomic E-state index is 12.7. The Bertz CT molecular complexity index is 615. The van der Waals surface area contributed by atoms with Crippen LogP contribution >= 0.6 is 0 Å². The van der Waals surface area contributed by atoms with Crippen LogP contribution in [0.15, 0.2) is 11.8 Å². The second kappa shape index (κ2) is 5.99. The van der Waals surface area contributed by atoms with E-state index in [-0.39, 0.29) is 23.5 Å². The van der Waals surface area contributed by atoms with Gasteiger partial charge in [-0.2, -0.15) is 0 Å². The molecular formula is C18H27N3O4. The summed E-state index contributed by atoms with van der Waals surface area (Å²) in [6.45, 7) is 4.60. The molecule has 7 nitrogen and oxygen atoms in total. The van der Waals surface area contributed by atoms with Crippen molar-refractivity contribution in [2.75, 3.05) is 26.2 Å². The summed E-state index contributed by atoms with van der Waals surface area (Å²) in [6, 6.07) is -0.503. The molecule has 3 atom stereocenters. The van der Waals surface area contributed by atoms with Crippen molar-refractivity contribution >= 4 is 12.0 Å². The molecule has 0 aromatic heterocycles. The van der Waals surface area contributed by atoms with Crippen molar-refractivity contribution < 1.29 is 19.8 Å². The van der Waals surface area contributed by atoms with Crippen LogP contribution in [0.1, 0.15) is 39.0 Å². The molecule has 0 radical (unpaired) electrons. The first kappa shape index (κ1) is 16.8. The van der Waals surface area contributed by atoms with Gasteiger partial charge in [0.15, 0.2) is 0 Å². The monoisotopic (exact) mass is 349 g/mol. The van der Waals surface area contributed by atoms with E-state index in [9.17, 15) is 19.8 Å². The highest BCUT2D eigenvalue weighted by molar-refractivity contribution is 5.88. The van der Waals surface area contributed by atoms with E-state index in [1.807, 2.05) is 11.0 Å². The number of rotatable bonds is 3. The number of carbonyl (C=O) groups excluding carboxylic acids is 1. The predicted molar refractivity (Wildman–Crippen MR) is 90.9 cm³/mol. The first-order chi connectivity index (χ1) is 11.9. The molecule has 1 unspecified atom stereocenters. The molecule has 3 fully saturated rings. The smallest absolute Gasteiger partial charge is 0.408 e. The standard InChI is InChI=1S/C18H27N3O4/c1-12-16(23)21-13(2-3-14(21)10-20(12)17(24)25)4-8-19-9-7-18(5-6-18)15(22)11-19/h3,12-13,15,22H,2,4-11H2,1H3,(H,24,25)/t12-,13-,15?/m0/s1. The van der Waals surface area contributed by atoms with Gasteiger partial charge in [0.2, 0.25) is 5.91 Å². The third-order valence-corrected chi connectivity index (χ3v) is 6.68. The molecule has 1 spiro atoms. The van der Waals surface area contributed by atoms with Crippen LogP contribution in [0.5, 0.6) is 0 Å². The molecule has 4 rings (SSSR count). The van der Waals surface area contributed by atoms with Crippen molar-refractivity contribution in [1.29, 1.82) is 0 Å². The number of aliphatic hydroxyl groups is 1. The molecule has 1 saturated carbocycles. The predicted octanol–water partition coefficient (Wildman–Crippen LogP) is 1.09. The Morgan fingerprint density at radius 1 is 1.36 bits per heavy atom. The largest absolute Gasteiger partial charge is 0.465 e. The van der Waals surface area contributed by atoms with Gasteiger partial charge in [0.1, 0.15) is 6.04 Å². The first-order valence-electron chi connectivity index (χ1n) is 9.33. The lowest BCUT2D eigenvalue weighted by Crippen LogP contribution is -2.57. The number of aliphatic hydroxyl groups excluding tert-OH is 1. The number of carboxylic acid groups (broad SMARTS) is 1. The van der Waals surface area contributed by atoms with Crippen molar-refractivity contribution in [1.82, 2.24) is 14.7 Å². The molecule has 7 heteroatoms. The van der Waals surface area contributed by atoms with Crippen molar-refractivity contribution in [2.24, 2.45) is 5.41 Å². The molecule has 0 aromatic rings. The summed E-state index contributed by atoms with van der Waals surface area (Å²) in [7, 11) is 0. The lowest BCUT2D eigenvalue weighted by molar-refractivity contribution is -0.138. The van der Waals surface area contributed by atoms with Crippen LogP contribution in [0, 0.1) is 5.41 Å². The molecule has 2 amide bonds. The van der Waals surface area contributed by atoms with Gasteiger partial charge >= 0.3 is 6.09 Å². The van der Waals surface area contributed by atoms with E-state index in [1.165, 1.54) is 4.90 Å². The van der Waals surface area contributed by atoms with E-state index in [0.717, 1.165) is 57.4 Å². The summed E-state index contributed by atoms with van der Waals surface area (Å²) < 4.78 is 0. The SMILES string of the molecule is C[C@H]1C(=O)N2C(=CC[C@H]2CCN2CCC3(CC3)C(O)C2)CN1C(=O)O. The Morgan fingerprint density at radius 3 is 2.76 bits per heavy atom. The summed E-state index contributed by atoms with van der Waals surface area (Å²) in [6.07, 6.45) is 5.83. The quantitative estimate of drug-likeness (QED) is 0.797. The molecule has 3 heterocycles. The molecule has 25 heavy (non-hydrogen) atoms. The Kier molecular flexibility index (Phi) is 4.03. The van der Waals surface area contributed by atoms with Crippen molar-refractivity contribution in [3.05, 3.63) is 11.8 Å². The second-order valence-electron chi connectivity index (χ2n) is 8.10. The number of piperidine rings is 1. The normalized spacial score (nSPS) is 34.2. The number of hydrogen-bond donors (Lipinski definition) is 2. The molecular weight excluding hydrogens is 322 g/mol. The van der Waals surface area contributed by atoms with Gasteiger partial charge in [-0.25, -0.2) is 4.79 Å². The zero-order chi connectivity index (χ0) is 17.8. The zero-order valence-corrected chi connectivity index (χ0v) is 14.7. The van der Waals surface area contributed by atoms with E-state index >= 15 is 0 Å². The first-order valence-corrected chi connectivity index (χ1v) is 9.33. The number of β-amino-alcohol motifs (C(OH)–C–C–N with tert-alkyl or cyclic N) is 1. The summed E-state index contributed by atoms with van der Waals surface area (Å²) >= 11 is 0. The number of piperazine rings is 1. The molecule has 2 saturated heterocycles. The number of nitrogens with zero attached hydrogens (tertiary/aromatic N) is 3. The number of likely N-dealkylation sites (tertiary alicyclic amines) is 1. The van der Waals surface area contributed by atoms with Crippen molar-refractivity contribution in [3.8, 4) is 0 Å². The minimum Gasteiger partial charge on any atom is -0.465 e. The zero-order valence-electron chi connectivity index (χ0n) is 14.7. The van der Waals surface area contributed by atoms with Gasteiger partial charge in [-0.1, -0.05) is 6.08 Å². The van der Waals surface area contributed by atoms with Crippen LogP contribution in [-0.4, -0.2) is 81.3 Å². The summed E-state index contributed by atoms with van der Waals surface area (Å²) in [4.78, 5) is 29.3. The molecule has 138 valence electrons. The third kappa shape index (κ3) is 2.83. The topological polar surface area (TPSA) is 84.3 Å². The average Bonchev–Trinajstić information content (AvgIpc) is 3.24. The van der Waals surface area contributed by atoms with Crippen molar-refractivity contribution in [3.63, 3.8) is 0 Å². The van der Waals surface area contributed by atoms with Gasteiger partial charge < -0.3 is 20.0 Å². The number of carbonyl (C=O) groups is 2. The minimum atomic E-state index is -1.04. The van der Waals surface area contributed by atoms with Crippen LogP contribution in [0.2, 0.25) is 0 Å². The highest BCUT2D eigenvalue weighted by Gasteiger charge is 2.51. The number of amides is 2. The Hall–Kier alpha value is -1.60. The molecule has 4 aliphatic rings. The lowest BCUT2D eigenvalue weighted by atomic mass is 9.90. The third-order valence-electron chi connectivity index (χ3n) is 6.68. The summed E-state index contributed by atoms with van der Waals surface area (Å²) in [5.41, 5.74) is 1.04. The Labute approximate surface area is 147 Å². The van der Waals surface area contributed by atoms with Crippen LogP contribution < -0.4 is 0 Å².